The molecule has 0 bridgehead atoms. The van der Waals surface area contributed by atoms with E-state index in [1.807, 2.05) is 5.38 Å². The van der Waals surface area contributed by atoms with Gasteiger partial charge in [-0.25, -0.2) is 4.98 Å². The van der Waals surface area contributed by atoms with Gasteiger partial charge < -0.3 is 11.1 Å². The highest BCUT2D eigenvalue weighted by Gasteiger charge is 1.97. The average molecular weight is 199 g/mol. The van der Waals surface area contributed by atoms with Crippen LogP contribution in [0.4, 0.5) is 5.82 Å². The smallest absolute Gasteiger partial charge is 0.137 e. The third kappa shape index (κ3) is 3.74. The first-order chi connectivity index (χ1) is 6.36. The quantitative estimate of drug-likeness (QED) is 0.691. The van der Waals surface area contributed by atoms with Crippen LogP contribution in [0.25, 0.3) is 0 Å². The Morgan fingerprint density at radius 3 is 3.00 bits per heavy atom. The summed E-state index contributed by atoms with van der Waals surface area (Å²) in [6, 6.07) is 0. The van der Waals surface area contributed by atoms with Crippen LogP contribution >= 0.6 is 11.3 Å². The lowest BCUT2D eigenvalue weighted by molar-refractivity contribution is 0.742. The number of nitrogens with zero attached hydrogens (tertiary/aromatic N) is 1. The van der Waals surface area contributed by atoms with Gasteiger partial charge in [-0.3, -0.25) is 0 Å². The van der Waals surface area contributed by atoms with Crippen molar-refractivity contribution in [3.05, 3.63) is 10.4 Å². The van der Waals surface area contributed by atoms with Gasteiger partial charge in [-0.15, -0.1) is 11.3 Å². The van der Waals surface area contributed by atoms with Crippen LogP contribution in [0.5, 0.6) is 0 Å². The SMILES string of the molecule is CCCCCNc1csc(CN)n1. The van der Waals surface area contributed by atoms with Crippen molar-refractivity contribution in [3.63, 3.8) is 0 Å². The van der Waals surface area contributed by atoms with Crippen molar-refractivity contribution in [2.45, 2.75) is 32.7 Å². The number of aromatic nitrogens is 1. The molecule has 0 aliphatic heterocycles. The molecule has 0 fully saturated rings. The third-order valence-corrected chi connectivity index (χ3v) is 2.68. The molecule has 3 nitrogen and oxygen atoms in total. The number of unbranched alkanes of at least 4 members (excludes halogenated alkanes) is 2. The number of rotatable bonds is 6. The summed E-state index contributed by atoms with van der Waals surface area (Å²) in [4.78, 5) is 4.31. The Kier molecular flexibility index (Phi) is 4.78. The van der Waals surface area contributed by atoms with Crippen molar-refractivity contribution in [2.24, 2.45) is 5.73 Å². The fourth-order valence-corrected chi connectivity index (χ4v) is 1.71. The van der Waals surface area contributed by atoms with Gasteiger partial charge in [0, 0.05) is 18.5 Å². The second-order valence-corrected chi connectivity index (χ2v) is 3.91. The molecule has 0 radical (unpaired) electrons. The lowest BCUT2D eigenvalue weighted by atomic mass is 10.2. The Hall–Kier alpha value is -0.610. The maximum atomic E-state index is 5.46. The Morgan fingerprint density at radius 2 is 2.38 bits per heavy atom. The van der Waals surface area contributed by atoms with Gasteiger partial charge in [-0.05, 0) is 6.42 Å². The summed E-state index contributed by atoms with van der Waals surface area (Å²) in [6.07, 6.45) is 3.75. The van der Waals surface area contributed by atoms with Gasteiger partial charge in [0.15, 0.2) is 0 Å². The van der Waals surface area contributed by atoms with Crippen molar-refractivity contribution >= 4 is 17.2 Å². The van der Waals surface area contributed by atoms with Crippen molar-refractivity contribution in [3.8, 4) is 0 Å². The molecule has 3 N–H and O–H groups in total. The molecule has 0 spiro atoms. The maximum Gasteiger partial charge on any atom is 0.137 e. The van der Waals surface area contributed by atoms with Crippen molar-refractivity contribution in [2.75, 3.05) is 11.9 Å². The van der Waals surface area contributed by atoms with Crippen LogP contribution in [0, 0.1) is 0 Å². The van der Waals surface area contributed by atoms with E-state index in [0.29, 0.717) is 6.54 Å². The zero-order chi connectivity index (χ0) is 9.52. The van der Waals surface area contributed by atoms with Crippen LogP contribution in [-0.2, 0) is 6.54 Å². The summed E-state index contributed by atoms with van der Waals surface area (Å²) < 4.78 is 0. The molecule has 1 heterocycles. The van der Waals surface area contributed by atoms with Gasteiger partial charge in [0.2, 0.25) is 0 Å². The Morgan fingerprint density at radius 1 is 1.54 bits per heavy atom. The van der Waals surface area contributed by atoms with Gasteiger partial charge >= 0.3 is 0 Å². The Bertz CT molecular complexity index is 235. The minimum Gasteiger partial charge on any atom is -0.369 e. The molecule has 0 saturated carbocycles. The van der Waals surface area contributed by atoms with Gasteiger partial charge in [-0.1, -0.05) is 19.8 Å². The van der Waals surface area contributed by atoms with Gasteiger partial charge in [0.25, 0.3) is 0 Å². The lowest BCUT2D eigenvalue weighted by Gasteiger charge is -2.00. The predicted molar refractivity (Wildman–Crippen MR) is 58.0 cm³/mol. The van der Waals surface area contributed by atoms with Gasteiger partial charge in [-0.2, -0.15) is 0 Å². The molecule has 0 aromatic carbocycles. The Balaban J connectivity index is 2.20. The van der Waals surface area contributed by atoms with Crippen molar-refractivity contribution < 1.29 is 0 Å². The third-order valence-electron chi connectivity index (χ3n) is 1.81. The molecule has 0 atom stereocenters. The predicted octanol–water partition coefficient (Wildman–Crippen LogP) is 2.20. The van der Waals surface area contributed by atoms with E-state index in [1.165, 1.54) is 19.3 Å². The molecular weight excluding hydrogens is 182 g/mol. The van der Waals surface area contributed by atoms with E-state index in [1.54, 1.807) is 11.3 Å². The molecule has 4 heteroatoms. The summed E-state index contributed by atoms with van der Waals surface area (Å²) in [5.74, 6) is 0.974. The average Bonchev–Trinajstić information content (AvgIpc) is 2.60. The lowest BCUT2D eigenvalue weighted by Crippen LogP contribution is -2.02. The second kappa shape index (κ2) is 5.94. The van der Waals surface area contributed by atoms with Crippen LogP contribution < -0.4 is 11.1 Å². The first-order valence-corrected chi connectivity index (χ1v) is 5.63. The normalized spacial score (nSPS) is 10.3. The highest BCUT2D eigenvalue weighted by atomic mass is 32.1. The zero-order valence-electron chi connectivity index (χ0n) is 8.05. The molecule has 0 saturated heterocycles. The summed E-state index contributed by atoms with van der Waals surface area (Å²) in [5.41, 5.74) is 5.46. The largest absolute Gasteiger partial charge is 0.369 e. The van der Waals surface area contributed by atoms with Gasteiger partial charge in [0.1, 0.15) is 10.8 Å². The number of hydrogen-bond acceptors (Lipinski definition) is 4. The van der Waals surface area contributed by atoms with E-state index in [9.17, 15) is 0 Å². The summed E-state index contributed by atoms with van der Waals surface area (Å²) in [7, 11) is 0. The maximum absolute atomic E-state index is 5.46. The van der Waals surface area contributed by atoms with Crippen LogP contribution in [0.3, 0.4) is 0 Å². The standard InChI is InChI=1S/C9H17N3S/c1-2-3-4-5-11-8-7-13-9(6-10)12-8/h7,11H,2-6,10H2,1H3. The topological polar surface area (TPSA) is 50.9 Å². The van der Waals surface area contributed by atoms with E-state index < -0.39 is 0 Å². The summed E-state index contributed by atoms with van der Waals surface area (Å²) in [6.45, 7) is 3.76. The fourth-order valence-electron chi connectivity index (χ4n) is 1.08. The van der Waals surface area contributed by atoms with Crippen LogP contribution in [0.2, 0.25) is 0 Å². The minimum atomic E-state index is 0.543. The zero-order valence-corrected chi connectivity index (χ0v) is 8.86. The molecule has 0 aliphatic rings. The van der Waals surface area contributed by atoms with Gasteiger partial charge in [0.05, 0.1) is 0 Å². The minimum absolute atomic E-state index is 0.543. The molecule has 13 heavy (non-hydrogen) atoms. The van der Waals surface area contributed by atoms with E-state index in [0.717, 1.165) is 17.4 Å². The summed E-state index contributed by atoms with van der Waals surface area (Å²) in [5, 5.41) is 6.30. The number of thiazole rings is 1. The molecule has 1 rings (SSSR count). The van der Waals surface area contributed by atoms with Crippen molar-refractivity contribution in [1.82, 2.24) is 4.98 Å². The highest BCUT2D eigenvalue weighted by Crippen LogP contribution is 2.13. The number of nitrogens with two attached hydrogens (primary N) is 1. The first-order valence-electron chi connectivity index (χ1n) is 4.75. The van der Waals surface area contributed by atoms with Crippen LogP contribution in [0.15, 0.2) is 5.38 Å². The second-order valence-electron chi connectivity index (χ2n) is 2.96. The van der Waals surface area contributed by atoms with Crippen LogP contribution in [0.1, 0.15) is 31.2 Å². The van der Waals surface area contributed by atoms with E-state index >= 15 is 0 Å². The van der Waals surface area contributed by atoms with E-state index in [-0.39, 0.29) is 0 Å². The van der Waals surface area contributed by atoms with Crippen molar-refractivity contribution in [1.29, 1.82) is 0 Å². The molecule has 0 amide bonds. The molecule has 1 aromatic rings. The number of nitrogens with one attached hydrogen (secondary N) is 1. The highest BCUT2D eigenvalue weighted by molar-refractivity contribution is 7.10. The Labute approximate surface area is 83.4 Å². The first kappa shape index (κ1) is 10.5. The van der Waals surface area contributed by atoms with E-state index in [2.05, 4.69) is 17.2 Å². The number of anilines is 1. The summed E-state index contributed by atoms with van der Waals surface area (Å²) >= 11 is 1.61. The molecule has 0 aliphatic carbocycles. The fraction of sp³-hybridized carbons (Fsp3) is 0.667. The monoisotopic (exact) mass is 199 g/mol. The molecular formula is C9H17N3S. The number of hydrogen-bond donors (Lipinski definition) is 2. The van der Waals surface area contributed by atoms with E-state index in [4.69, 9.17) is 5.73 Å². The van der Waals surface area contributed by atoms with Crippen LogP contribution in [-0.4, -0.2) is 11.5 Å². The molecule has 74 valence electrons. The molecule has 1 aromatic heterocycles. The molecule has 0 unspecified atom stereocenters.